The normalized spacial score (nSPS) is 19.4. The van der Waals surface area contributed by atoms with Crippen LogP contribution in [0.5, 0.6) is 5.75 Å². The van der Waals surface area contributed by atoms with E-state index in [-0.39, 0.29) is 54.2 Å². The number of halogens is 1. The van der Waals surface area contributed by atoms with Crippen LogP contribution in [0, 0.1) is 17.2 Å². The van der Waals surface area contributed by atoms with Crippen LogP contribution in [0.25, 0.3) is 11.3 Å². The molecule has 1 saturated carbocycles. The number of rotatable bonds is 6. The number of aromatic nitrogens is 5. The zero-order valence-electron chi connectivity index (χ0n) is 19.5. The molecule has 3 heterocycles. The summed E-state index contributed by atoms with van der Waals surface area (Å²) in [6.45, 7) is 0.146. The lowest BCUT2D eigenvalue weighted by Crippen LogP contribution is -2.49. The van der Waals surface area contributed by atoms with Crippen molar-refractivity contribution < 1.29 is 18.7 Å². The Hall–Kier alpha value is -4.40. The van der Waals surface area contributed by atoms with Gasteiger partial charge in [0.25, 0.3) is 5.91 Å². The third-order valence-corrected chi connectivity index (χ3v) is 6.13. The standard InChI is InChI=1S/C24H23FN8O3/c1-32-12-19(30-31-32)24(35)33-7-6-21(17(25)11-33)36-20-5-4-15(8-16(20)10-26)18-9-22(28-13-27-18)29-23(34)14-2-3-14/h4-5,8-9,12-14,17,21H,2-3,6-7,11H2,1H3,(H,27,28,29,34)/t17-,21+/m1/s1. The summed E-state index contributed by atoms with van der Waals surface area (Å²) in [6, 6.07) is 8.64. The summed E-state index contributed by atoms with van der Waals surface area (Å²) in [7, 11) is 1.65. The number of anilines is 1. The average molecular weight is 490 g/mol. The summed E-state index contributed by atoms with van der Waals surface area (Å²) in [5, 5.41) is 20.0. The summed E-state index contributed by atoms with van der Waals surface area (Å²) in [5.74, 6) is 0.231. The van der Waals surface area contributed by atoms with Crippen LogP contribution >= 0.6 is 0 Å². The quantitative estimate of drug-likeness (QED) is 0.554. The number of ether oxygens (including phenoxy) is 1. The lowest BCUT2D eigenvalue weighted by atomic mass is 10.0. The van der Waals surface area contributed by atoms with Crippen molar-refractivity contribution in [3.8, 4) is 23.1 Å². The van der Waals surface area contributed by atoms with E-state index in [1.807, 2.05) is 0 Å². The van der Waals surface area contributed by atoms with Crippen LogP contribution in [0.2, 0.25) is 0 Å². The van der Waals surface area contributed by atoms with Gasteiger partial charge in [-0.1, -0.05) is 5.21 Å². The van der Waals surface area contributed by atoms with Gasteiger partial charge in [0.1, 0.15) is 30.1 Å². The summed E-state index contributed by atoms with van der Waals surface area (Å²) < 4.78 is 22.2. The molecule has 1 aliphatic carbocycles. The number of hydrogen-bond acceptors (Lipinski definition) is 8. The summed E-state index contributed by atoms with van der Waals surface area (Å²) in [5.41, 5.74) is 1.54. The zero-order chi connectivity index (χ0) is 25.2. The number of aryl methyl sites for hydroxylation is 1. The van der Waals surface area contributed by atoms with Crippen molar-refractivity contribution in [2.24, 2.45) is 13.0 Å². The first kappa shape index (κ1) is 23.3. The lowest BCUT2D eigenvalue weighted by Gasteiger charge is -2.34. The van der Waals surface area contributed by atoms with Gasteiger partial charge in [0.05, 0.1) is 24.0 Å². The molecule has 12 heteroatoms. The van der Waals surface area contributed by atoms with Crippen molar-refractivity contribution in [1.82, 2.24) is 29.9 Å². The van der Waals surface area contributed by atoms with Gasteiger partial charge in [0.15, 0.2) is 11.9 Å². The molecule has 2 fully saturated rings. The van der Waals surface area contributed by atoms with E-state index < -0.39 is 12.3 Å². The first-order valence-corrected chi connectivity index (χ1v) is 11.5. The molecule has 184 valence electrons. The van der Waals surface area contributed by atoms with Crippen molar-refractivity contribution in [2.75, 3.05) is 18.4 Å². The van der Waals surface area contributed by atoms with Crippen LogP contribution in [0.1, 0.15) is 35.3 Å². The van der Waals surface area contributed by atoms with Crippen molar-refractivity contribution in [1.29, 1.82) is 5.26 Å². The number of nitrogens with one attached hydrogen (secondary N) is 1. The fourth-order valence-corrected chi connectivity index (χ4v) is 4.01. The first-order chi connectivity index (χ1) is 17.4. The number of nitrogens with zero attached hydrogens (tertiary/aromatic N) is 7. The van der Waals surface area contributed by atoms with Crippen LogP contribution in [0.4, 0.5) is 10.2 Å². The van der Waals surface area contributed by atoms with Crippen LogP contribution in [0.15, 0.2) is 36.8 Å². The fourth-order valence-electron chi connectivity index (χ4n) is 4.01. The van der Waals surface area contributed by atoms with Gasteiger partial charge < -0.3 is 15.0 Å². The smallest absolute Gasteiger partial charge is 0.276 e. The van der Waals surface area contributed by atoms with Crippen LogP contribution in [0.3, 0.4) is 0 Å². The maximum atomic E-state index is 15.0. The predicted molar refractivity (Wildman–Crippen MR) is 124 cm³/mol. The summed E-state index contributed by atoms with van der Waals surface area (Å²) in [6.07, 6.45) is 2.61. The zero-order valence-corrected chi connectivity index (χ0v) is 19.5. The minimum Gasteiger partial charge on any atom is -0.486 e. The van der Waals surface area contributed by atoms with Crippen molar-refractivity contribution in [3.63, 3.8) is 0 Å². The van der Waals surface area contributed by atoms with Gasteiger partial charge in [0.2, 0.25) is 5.91 Å². The van der Waals surface area contributed by atoms with Crippen molar-refractivity contribution in [2.45, 2.75) is 31.5 Å². The van der Waals surface area contributed by atoms with Gasteiger partial charge in [0, 0.05) is 37.6 Å². The minimum atomic E-state index is -1.44. The van der Waals surface area contributed by atoms with E-state index in [0.717, 1.165) is 12.8 Å². The second-order valence-corrected chi connectivity index (χ2v) is 8.86. The Morgan fingerprint density at radius 1 is 1.22 bits per heavy atom. The Labute approximate surface area is 205 Å². The topological polar surface area (TPSA) is 139 Å². The van der Waals surface area contributed by atoms with Gasteiger partial charge >= 0.3 is 0 Å². The monoisotopic (exact) mass is 490 g/mol. The highest BCUT2D eigenvalue weighted by Gasteiger charge is 2.34. The Morgan fingerprint density at radius 2 is 2.06 bits per heavy atom. The number of alkyl halides is 1. The molecule has 3 aromatic rings. The van der Waals surface area contributed by atoms with Gasteiger partial charge in [-0.15, -0.1) is 5.10 Å². The van der Waals surface area contributed by atoms with E-state index in [9.17, 15) is 19.2 Å². The highest BCUT2D eigenvalue weighted by atomic mass is 19.1. The number of nitriles is 1. The molecule has 1 aliphatic heterocycles. The maximum Gasteiger partial charge on any atom is 0.276 e. The lowest BCUT2D eigenvalue weighted by molar-refractivity contribution is -0.117. The summed E-state index contributed by atoms with van der Waals surface area (Å²) in [4.78, 5) is 34.3. The van der Waals surface area contributed by atoms with Gasteiger partial charge in [-0.2, -0.15) is 5.26 Å². The molecule has 0 unspecified atom stereocenters. The van der Waals surface area contributed by atoms with E-state index in [0.29, 0.717) is 17.1 Å². The minimum absolute atomic E-state index is 0.0429. The molecule has 0 radical (unpaired) electrons. The molecule has 0 bridgehead atoms. The van der Waals surface area contributed by atoms with Crippen molar-refractivity contribution >= 4 is 17.6 Å². The van der Waals surface area contributed by atoms with E-state index in [2.05, 4.69) is 31.7 Å². The Bertz CT molecular complexity index is 1350. The number of benzene rings is 1. The maximum absolute atomic E-state index is 15.0. The van der Waals surface area contributed by atoms with E-state index >= 15 is 0 Å². The third-order valence-electron chi connectivity index (χ3n) is 6.13. The molecule has 2 aromatic heterocycles. The molecule has 36 heavy (non-hydrogen) atoms. The molecule has 2 aliphatic rings. The Morgan fingerprint density at radius 3 is 2.75 bits per heavy atom. The van der Waals surface area contributed by atoms with Gasteiger partial charge in [-0.05, 0) is 31.0 Å². The molecule has 2 amide bonds. The number of piperidine rings is 1. The number of carbonyl (C=O) groups excluding carboxylic acids is 2. The second-order valence-electron chi connectivity index (χ2n) is 8.86. The molecule has 1 saturated heterocycles. The van der Waals surface area contributed by atoms with Gasteiger partial charge in [-0.3, -0.25) is 14.3 Å². The first-order valence-electron chi connectivity index (χ1n) is 11.5. The molecule has 11 nitrogen and oxygen atoms in total. The fraction of sp³-hybridized carbons (Fsp3) is 0.375. The third kappa shape index (κ3) is 5.00. The molecular weight excluding hydrogens is 467 g/mol. The largest absolute Gasteiger partial charge is 0.486 e. The number of amides is 2. The molecule has 0 spiro atoms. The average Bonchev–Trinajstić information content (AvgIpc) is 3.65. The molecule has 1 aromatic carbocycles. The number of hydrogen-bond donors (Lipinski definition) is 1. The summed E-state index contributed by atoms with van der Waals surface area (Å²) >= 11 is 0. The van der Waals surface area contributed by atoms with Crippen LogP contribution < -0.4 is 10.1 Å². The number of carbonyl (C=O) groups is 2. The van der Waals surface area contributed by atoms with E-state index in [4.69, 9.17) is 4.74 Å². The van der Waals surface area contributed by atoms with Crippen LogP contribution in [-0.4, -0.2) is 67.0 Å². The molecule has 1 N–H and O–H groups in total. The molecular formula is C24H23FN8O3. The predicted octanol–water partition coefficient (Wildman–Crippen LogP) is 2.12. The SMILES string of the molecule is Cn1cc(C(=O)N2CC[C@H](Oc3ccc(-c4cc(NC(=O)C5CC5)ncn4)cc3C#N)[C@H](F)C2)nn1. The Balaban J connectivity index is 1.26. The molecule has 2 atom stereocenters. The van der Waals surface area contributed by atoms with Crippen LogP contribution in [-0.2, 0) is 11.8 Å². The van der Waals surface area contributed by atoms with E-state index in [1.54, 1.807) is 31.3 Å². The van der Waals surface area contributed by atoms with Gasteiger partial charge in [-0.25, -0.2) is 14.4 Å². The Kier molecular flexibility index (Phi) is 6.28. The second kappa shape index (κ2) is 9.69. The highest BCUT2D eigenvalue weighted by Crippen LogP contribution is 2.31. The van der Waals surface area contributed by atoms with E-state index in [1.165, 1.54) is 22.1 Å². The van der Waals surface area contributed by atoms with Crippen molar-refractivity contribution in [3.05, 3.63) is 48.0 Å². The molecule has 5 rings (SSSR count). The number of likely N-dealkylation sites (tertiary alicyclic amines) is 1. The highest BCUT2D eigenvalue weighted by molar-refractivity contribution is 5.93.